The van der Waals surface area contributed by atoms with Crippen LogP contribution in [0.25, 0.3) is 0 Å². The molecule has 1 atom stereocenters. The lowest BCUT2D eigenvalue weighted by molar-refractivity contribution is -0.117. The first kappa shape index (κ1) is 16.2. The summed E-state index contributed by atoms with van der Waals surface area (Å²) in [5.74, 6) is 0.0209. The number of thiazole rings is 1. The van der Waals surface area contributed by atoms with E-state index in [0.29, 0.717) is 37.6 Å². The molecule has 23 heavy (non-hydrogen) atoms. The normalized spacial score (nSPS) is 21.6. The van der Waals surface area contributed by atoms with E-state index in [1.165, 1.54) is 11.3 Å². The van der Waals surface area contributed by atoms with Crippen molar-refractivity contribution < 1.29 is 14.3 Å². The van der Waals surface area contributed by atoms with E-state index < -0.39 is 5.60 Å². The molecular weight excluding hydrogens is 316 g/mol. The van der Waals surface area contributed by atoms with Crippen LogP contribution in [0.3, 0.4) is 0 Å². The van der Waals surface area contributed by atoms with E-state index in [9.17, 15) is 9.59 Å². The number of rotatable bonds is 1. The van der Waals surface area contributed by atoms with E-state index in [2.05, 4.69) is 4.98 Å². The standard InChI is InChI=1S/C15H22N4O3S/c1-15(2,3)22-14(21)18-5-4-10-11(8-18)23-13(17-10)19-7-9(16)6-12(19)20/h9H,4-8,16H2,1-3H3. The highest BCUT2D eigenvalue weighted by molar-refractivity contribution is 7.16. The first-order chi connectivity index (χ1) is 10.7. The summed E-state index contributed by atoms with van der Waals surface area (Å²) in [7, 11) is 0. The predicted molar refractivity (Wildman–Crippen MR) is 87.4 cm³/mol. The molecule has 0 bridgehead atoms. The highest BCUT2D eigenvalue weighted by Crippen LogP contribution is 2.33. The van der Waals surface area contributed by atoms with Crippen LogP contribution >= 0.6 is 11.3 Å². The SMILES string of the molecule is CC(C)(C)OC(=O)N1CCc2nc(N3CC(N)CC3=O)sc2C1. The lowest BCUT2D eigenvalue weighted by atomic mass is 10.2. The topological polar surface area (TPSA) is 88.8 Å². The summed E-state index contributed by atoms with van der Waals surface area (Å²) in [5, 5.41) is 0.694. The molecular formula is C15H22N4O3S. The average molecular weight is 338 g/mol. The van der Waals surface area contributed by atoms with Crippen LogP contribution in [0.1, 0.15) is 37.8 Å². The maximum absolute atomic E-state index is 12.2. The Balaban J connectivity index is 1.72. The van der Waals surface area contributed by atoms with Gasteiger partial charge < -0.3 is 15.4 Å². The van der Waals surface area contributed by atoms with E-state index in [1.807, 2.05) is 20.8 Å². The van der Waals surface area contributed by atoms with Gasteiger partial charge in [-0.15, -0.1) is 0 Å². The molecule has 2 aliphatic heterocycles. The number of hydrogen-bond donors (Lipinski definition) is 1. The summed E-state index contributed by atoms with van der Waals surface area (Å²) in [6, 6.07) is -0.123. The van der Waals surface area contributed by atoms with Gasteiger partial charge in [-0.3, -0.25) is 9.69 Å². The fraction of sp³-hybridized carbons (Fsp3) is 0.667. The zero-order valence-corrected chi connectivity index (χ0v) is 14.5. The van der Waals surface area contributed by atoms with Gasteiger partial charge in [0.25, 0.3) is 0 Å². The van der Waals surface area contributed by atoms with Gasteiger partial charge in [0.1, 0.15) is 5.60 Å². The molecule has 3 rings (SSSR count). The molecule has 2 aliphatic rings. The molecule has 0 aliphatic carbocycles. The molecule has 1 fully saturated rings. The molecule has 126 valence electrons. The number of ether oxygens (including phenoxy) is 1. The van der Waals surface area contributed by atoms with E-state index in [4.69, 9.17) is 10.5 Å². The van der Waals surface area contributed by atoms with Gasteiger partial charge in [-0.05, 0) is 20.8 Å². The fourth-order valence-electron chi connectivity index (χ4n) is 2.70. The lowest BCUT2D eigenvalue weighted by Crippen LogP contribution is -2.39. The molecule has 7 nitrogen and oxygen atoms in total. The highest BCUT2D eigenvalue weighted by atomic mass is 32.1. The third kappa shape index (κ3) is 3.48. The minimum atomic E-state index is -0.506. The third-order valence-electron chi connectivity index (χ3n) is 3.76. The van der Waals surface area contributed by atoms with Gasteiger partial charge in [0.15, 0.2) is 5.13 Å². The molecule has 0 spiro atoms. The quantitative estimate of drug-likeness (QED) is 0.838. The second-order valence-electron chi connectivity index (χ2n) is 6.99. The zero-order chi connectivity index (χ0) is 16.8. The largest absolute Gasteiger partial charge is 0.444 e. The van der Waals surface area contributed by atoms with E-state index >= 15 is 0 Å². The number of anilines is 1. The second-order valence-corrected chi connectivity index (χ2v) is 8.05. The first-order valence-electron chi connectivity index (χ1n) is 7.75. The molecule has 2 amide bonds. The Bertz CT molecular complexity index is 637. The van der Waals surface area contributed by atoms with Gasteiger partial charge in [0.05, 0.1) is 12.2 Å². The van der Waals surface area contributed by atoms with Crippen LogP contribution in [0, 0.1) is 0 Å². The summed E-state index contributed by atoms with van der Waals surface area (Å²) < 4.78 is 5.42. The van der Waals surface area contributed by atoms with Gasteiger partial charge in [0, 0.05) is 36.9 Å². The van der Waals surface area contributed by atoms with Gasteiger partial charge in [-0.1, -0.05) is 11.3 Å². The molecule has 1 unspecified atom stereocenters. The van der Waals surface area contributed by atoms with Crippen LogP contribution in [-0.2, 0) is 22.5 Å². The van der Waals surface area contributed by atoms with E-state index in [1.54, 1.807) is 9.80 Å². The van der Waals surface area contributed by atoms with E-state index in [0.717, 1.165) is 10.6 Å². The molecule has 1 aromatic rings. The summed E-state index contributed by atoms with van der Waals surface area (Å²) in [4.78, 5) is 33.1. The molecule has 1 saturated heterocycles. The summed E-state index contributed by atoms with van der Waals surface area (Å²) in [6.07, 6.45) is 0.741. The predicted octanol–water partition coefficient (Wildman–Crippen LogP) is 1.50. The van der Waals surface area contributed by atoms with Crippen LogP contribution in [0.2, 0.25) is 0 Å². The molecule has 1 aromatic heterocycles. The van der Waals surface area contributed by atoms with Gasteiger partial charge in [0.2, 0.25) is 5.91 Å². The Morgan fingerprint density at radius 3 is 2.78 bits per heavy atom. The van der Waals surface area contributed by atoms with Gasteiger partial charge in [-0.2, -0.15) is 0 Å². The third-order valence-corrected chi connectivity index (χ3v) is 4.86. The lowest BCUT2D eigenvalue weighted by Gasteiger charge is -2.29. The fourth-order valence-corrected chi connectivity index (χ4v) is 3.85. The van der Waals surface area contributed by atoms with Crippen LogP contribution < -0.4 is 10.6 Å². The number of hydrogen-bond acceptors (Lipinski definition) is 6. The molecule has 2 N–H and O–H groups in total. The highest BCUT2D eigenvalue weighted by Gasteiger charge is 2.33. The number of nitrogens with two attached hydrogens (primary N) is 1. The molecule has 8 heteroatoms. The minimum Gasteiger partial charge on any atom is -0.444 e. The van der Waals surface area contributed by atoms with Crippen molar-refractivity contribution in [2.24, 2.45) is 5.73 Å². The summed E-state index contributed by atoms with van der Waals surface area (Å²) in [5.41, 5.74) is 6.31. The van der Waals surface area contributed by atoms with Crippen molar-refractivity contribution in [3.63, 3.8) is 0 Å². The van der Waals surface area contributed by atoms with Crippen LogP contribution in [0.15, 0.2) is 0 Å². The summed E-state index contributed by atoms with van der Waals surface area (Å²) >= 11 is 1.47. The zero-order valence-electron chi connectivity index (χ0n) is 13.7. The number of nitrogens with zero attached hydrogens (tertiary/aromatic N) is 3. The number of amides is 2. The van der Waals surface area contributed by atoms with Gasteiger partial charge in [-0.25, -0.2) is 9.78 Å². The Morgan fingerprint density at radius 2 is 2.17 bits per heavy atom. The van der Waals surface area contributed by atoms with Crippen molar-refractivity contribution in [1.29, 1.82) is 0 Å². The van der Waals surface area contributed by atoms with E-state index in [-0.39, 0.29) is 18.0 Å². The Morgan fingerprint density at radius 1 is 1.43 bits per heavy atom. The Kier molecular flexibility index (Phi) is 4.05. The smallest absolute Gasteiger partial charge is 0.410 e. The van der Waals surface area contributed by atoms with Crippen molar-refractivity contribution in [3.05, 3.63) is 10.6 Å². The number of carbonyl (C=O) groups excluding carboxylic acids is 2. The molecule has 0 saturated carbocycles. The second kappa shape index (κ2) is 5.76. The van der Waals surface area contributed by atoms with Crippen LogP contribution in [0.5, 0.6) is 0 Å². The van der Waals surface area contributed by atoms with Crippen molar-refractivity contribution in [2.45, 2.75) is 51.8 Å². The van der Waals surface area contributed by atoms with Crippen molar-refractivity contribution in [1.82, 2.24) is 9.88 Å². The first-order valence-corrected chi connectivity index (χ1v) is 8.57. The number of carbonyl (C=O) groups is 2. The minimum absolute atomic E-state index is 0.0209. The Labute approximate surface area is 139 Å². The maximum atomic E-state index is 12.2. The van der Waals surface area contributed by atoms with Crippen molar-refractivity contribution in [3.8, 4) is 0 Å². The average Bonchev–Trinajstić information content (AvgIpc) is 2.98. The van der Waals surface area contributed by atoms with Crippen molar-refractivity contribution >= 4 is 28.5 Å². The van der Waals surface area contributed by atoms with Gasteiger partial charge >= 0.3 is 6.09 Å². The summed E-state index contributed by atoms with van der Waals surface area (Å²) in [6.45, 7) is 7.14. The maximum Gasteiger partial charge on any atom is 0.410 e. The molecule has 0 aromatic carbocycles. The molecule has 0 radical (unpaired) electrons. The van der Waals surface area contributed by atoms with Crippen LogP contribution in [-0.4, -0.2) is 46.6 Å². The van der Waals surface area contributed by atoms with Crippen molar-refractivity contribution in [2.75, 3.05) is 18.0 Å². The number of aromatic nitrogens is 1. The monoisotopic (exact) mass is 338 g/mol. The molecule has 3 heterocycles. The Hall–Kier alpha value is -1.67. The number of fused-ring (bicyclic) bond motifs is 1. The van der Waals surface area contributed by atoms with Crippen LogP contribution in [0.4, 0.5) is 9.93 Å².